The van der Waals surface area contributed by atoms with Crippen molar-refractivity contribution in [2.45, 2.75) is 31.5 Å². The summed E-state index contributed by atoms with van der Waals surface area (Å²) in [5.74, 6) is 1.05. The third-order valence-electron chi connectivity index (χ3n) is 2.94. The number of H-pyrrole nitrogens is 1. The highest BCUT2D eigenvalue weighted by atomic mass is 32.2. The molecule has 0 saturated heterocycles. The second-order valence-electron chi connectivity index (χ2n) is 4.27. The van der Waals surface area contributed by atoms with E-state index in [-0.39, 0.29) is 0 Å². The van der Waals surface area contributed by atoms with Crippen molar-refractivity contribution in [3.63, 3.8) is 0 Å². The Morgan fingerprint density at radius 1 is 1.47 bits per heavy atom. The van der Waals surface area contributed by atoms with Gasteiger partial charge in [-0.2, -0.15) is 0 Å². The van der Waals surface area contributed by atoms with Crippen molar-refractivity contribution in [2.75, 3.05) is 12.8 Å². The summed E-state index contributed by atoms with van der Waals surface area (Å²) in [4.78, 5) is 7.94. The van der Waals surface area contributed by atoms with Crippen LogP contribution < -0.4 is 5.32 Å². The van der Waals surface area contributed by atoms with E-state index in [0.29, 0.717) is 6.04 Å². The topological polar surface area (TPSA) is 40.7 Å². The van der Waals surface area contributed by atoms with Crippen LogP contribution in [0.25, 0.3) is 11.0 Å². The van der Waals surface area contributed by atoms with Crippen LogP contribution in [0.1, 0.15) is 18.9 Å². The monoisotopic (exact) mass is 249 g/mol. The lowest BCUT2D eigenvalue weighted by molar-refractivity contribution is 0.601. The molecule has 1 unspecified atom stereocenters. The number of aromatic amines is 1. The number of thioether (sulfide) groups is 1. The number of hydrogen-bond donors (Lipinski definition) is 2. The van der Waals surface area contributed by atoms with Gasteiger partial charge in [-0.15, -0.1) is 0 Å². The molecule has 0 amide bonds. The van der Waals surface area contributed by atoms with Crippen LogP contribution in [0.4, 0.5) is 0 Å². The number of aromatic nitrogens is 2. The first-order valence-electron chi connectivity index (χ1n) is 5.99. The average molecular weight is 249 g/mol. The number of fused-ring (bicyclic) bond motifs is 1. The quantitative estimate of drug-likeness (QED) is 0.800. The van der Waals surface area contributed by atoms with Gasteiger partial charge in [-0.3, -0.25) is 0 Å². The van der Waals surface area contributed by atoms with Crippen LogP contribution in [0.15, 0.2) is 23.4 Å². The lowest BCUT2D eigenvalue weighted by atomic mass is 10.2. The number of nitrogens with one attached hydrogen (secondary N) is 2. The fourth-order valence-corrected chi connectivity index (χ4v) is 2.86. The molecule has 1 atom stereocenters. The maximum absolute atomic E-state index is 4.57. The summed E-state index contributed by atoms with van der Waals surface area (Å²) >= 11 is 1.78. The Morgan fingerprint density at radius 3 is 3.00 bits per heavy atom. The number of hydrogen-bond acceptors (Lipinski definition) is 3. The van der Waals surface area contributed by atoms with Crippen molar-refractivity contribution in [2.24, 2.45) is 0 Å². The minimum absolute atomic E-state index is 0.551. The number of aryl methyl sites for hydroxylation is 1. The highest BCUT2D eigenvalue weighted by molar-refractivity contribution is 7.99. The molecule has 2 aromatic rings. The lowest BCUT2D eigenvalue weighted by Gasteiger charge is -2.11. The van der Waals surface area contributed by atoms with Crippen LogP contribution >= 0.6 is 11.8 Å². The molecule has 1 aromatic carbocycles. The summed E-state index contributed by atoms with van der Waals surface area (Å²) in [6.07, 6.45) is 1.14. The van der Waals surface area contributed by atoms with Gasteiger partial charge < -0.3 is 10.3 Å². The van der Waals surface area contributed by atoms with Gasteiger partial charge in [0.05, 0.1) is 11.0 Å². The van der Waals surface area contributed by atoms with Crippen LogP contribution in [-0.4, -0.2) is 28.8 Å². The maximum atomic E-state index is 4.57. The molecule has 0 bridgehead atoms. The summed E-state index contributed by atoms with van der Waals surface area (Å²) < 4.78 is 0. The molecular weight excluding hydrogens is 230 g/mol. The summed E-state index contributed by atoms with van der Waals surface area (Å²) in [6.45, 7) is 4.30. The smallest absolute Gasteiger partial charge is 0.166 e. The molecule has 0 aliphatic carbocycles. The largest absolute Gasteiger partial charge is 0.333 e. The highest BCUT2D eigenvalue weighted by Gasteiger charge is 2.07. The number of rotatable bonds is 5. The van der Waals surface area contributed by atoms with Gasteiger partial charge >= 0.3 is 0 Å². The Kier molecular flexibility index (Phi) is 4.07. The van der Waals surface area contributed by atoms with Crippen molar-refractivity contribution in [1.82, 2.24) is 15.3 Å². The zero-order valence-electron chi connectivity index (χ0n) is 10.6. The first-order valence-corrected chi connectivity index (χ1v) is 6.98. The number of nitrogens with zero attached hydrogens (tertiary/aromatic N) is 1. The maximum Gasteiger partial charge on any atom is 0.166 e. The van der Waals surface area contributed by atoms with E-state index < -0.39 is 0 Å². The lowest BCUT2D eigenvalue weighted by Crippen LogP contribution is -2.26. The predicted octanol–water partition coefficient (Wildman–Crippen LogP) is 2.96. The van der Waals surface area contributed by atoms with Crippen LogP contribution in [0.5, 0.6) is 0 Å². The zero-order valence-corrected chi connectivity index (χ0v) is 11.4. The number of imidazole rings is 1. The minimum atomic E-state index is 0.551. The second kappa shape index (κ2) is 5.56. The van der Waals surface area contributed by atoms with Crippen LogP contribution in [-0.2, 0) is 0 Å². The Balaban J connectivity index is 2.09. The van der Waals surface area contributed by atoms with Crippen LogP contribution in [0.2, 0.25) is 0 Å². The molecule has 2 N–H and O–H groups in total. The molecule has 92 valence electrons. The molecule has 1 aromatic heterocycles. The number of benzene rings is 1. The fraction of sp³-hybridized carbons (Fsp3) is 0.462. The van der Waals surface area contributed by atoms with E-state index in [1.54, 1.807) is 11.8 Å². The third kappa shape index (κ3) is 3.01. The van der Waals surface area contributed by atoms with Crippen LogP contribution in [0, 0.1) is 6.92 Å². The average Bonchev–Trinajstić information content (AvgIpc) is 2.72. The van der Waals surface area contributed by atoms with Crippen molar-refractivity contribution in [3.8, 4) is 0 Å². The summed E-state index contributed by atoms with van der Waals surface area (Å²) in [7, 11) is 2.01. The van der Waals surface area contributed by atoms with Gasteiger partial charge in [0.1, 0.15) is 0 Å². The van der Waals surface area contributed by atoms with E-state index in [2.05, 4.69) is 47.3 Å². The van der Waals surface area contributed by atoms with E-state index in [1.807, 2.05) is 7.05 Å². The van der Waals surface area contributed by atoms with E-state index in [9.17, 15) is 0 Å². The van der Waals surface area contributed by atoms with Crippen LogP contribution in [0.3, 0.4) is 0 Å². The molecule has 3 nitrogen and oxygen atoms in total. The fourth-order valence-electron chi connectivity index (χ4n) is 1.75. The summed E-state index contributed by atoms with van der Waals surface area (Å²) in [6, 6.07) is 6.86. The van der Waals surface area contributed by atoms with Gasteiger partial charge in [-0.1, -0.05) is 24.8 Å². The van der Waals surface area contributed by atoms with Gasteiger partial charge in [0.15, 0.2) is 5.16 Å². The SMILES string of the molecule is CCC(CSc1nc2ccc(C)cc2[nH]1)NC. The van der Waals surface area contributed by atoms with Gasteiger partial charge in [0.25, 0.3) is 0 Å². The highest BCUT2D eigenvalue weighted by Crippen LogP contribution is 2.21. The standard InChI is InChI=1S/C13H19N3S/c1-4-10(14-3)8-17-13-15-11-6-5-9(2)7-12(11)16-13/h5-7,10,14H,4,8H2,1-3H3,(H,15,16). The van der Waals surface area contributed by atoms with E-state index in [1.165, 1.54) is 5.56 Å². The summed E-state index contributed by atoms with van der Waals surface area (Å²) in [5, 5.41) is 4.32. The first kappa shape index (κ1) is 12.5. The van der Waals surface area contributed by atoms with E-state index in [0.717, 1.165) is 28.4 Å². The molecule has 1 heterocycles. The van der Waals surface area contributed by atoms with Crippen molar-refractivity contribution >= 4 is 22.8 Å². The molecule has 0 saturated carbocycles. The molecule has 0 aliphatic heterocycles. The van der Waals surface area contributed by atoms with Gasteiger partial charge in [-0.05, 0) is 38.1 Å². The van der Waals surface area contributed by atoms with Crippen molar-refractivity contribution in [3.05, 3.63) is 23.8 Å². The molecule has 0 fully saturated rings. The van der Waals surface area contributed by atoms with Gasteiger partial charge in [0.2, 0.25) is 0 Å². The van der Waals surface area contributed by atoms with Crippen molar-refractivity contribution < 1.29 is 0 Å². The molecule has 4 heteroatoms. The second-order valence-corrected chi connectivity index (χ2v) is 5.28. The molecular formula is C13H19N3S. The third-order valence-corrected chi connectivity index (χ3v) is 3.97. The van der Waals surface area contributed by atoms with Gasteiger partial charge in [0, 0.05) is 11.8 Å². The van der Waals surface area contributed by atoms with E-state index in [4.69, 9.17) is 0 Å². The normalized spacial score (nSPS) is 13.1. The minimum Gasteiger partial charge on any atom is -0.333 e. The first-order chi connectivity index (χ1) is 8.22. The molecule has 0 radical (unpaired) electrons. The summed E-state index contributed by atoms with van der Waals surface area (Å²) in [5.41, 5.74) is 3.44. The van der Waals surface area contributed by atoms with Gasteiger partial charge in [-0.25, -0.2) is 4.98 Å². The molecule has 17 heavy (non-hydrogen) atoms. The Labute approximate surface area is 106 Å². The molecule has 0 spiro atoms. The Bertz CT molecular complexity index is 488. The van der Waals surface area contributed by atoms with E-state index >= 15 is 0 Å². The molecule has 0 aliphatic rings. The molecule has 2 rings (SSSR count). The van der Waals surface area contributed by atoms with Crippen molar-refractivity contribution in [1.29, 1.82) is 0 Å². The predicted molar refractivity (Wildman–Crippen MR) is 74.7 cm³/mol. The Hall–Kier alpha value is -1.00. The zero-order chi connectivity index (χ0) is 12.3. The Morgan fingerprint density at radius 2 is 2.29 bits per heavy atom.